The van der Waals surface area contributed by atoms with E-state index in [2.05, 4.69) is 4.98 Å². The van der Waals surface area contributed by atoms with Crippen LogP contribution in [0.1, 0.15) is 11.1 Å². The quantitative estimate of drug-likeness (QED) is 0.554. The average molecular weight is 384 g/mol. The van der Waals surface area contributed by atoms with Gasteiger partial charge in [0.05, 0.1) is 17.1 Å². The number of carbonyl (C=O) groups is 2. The molecule has 3 aromatic rings. The number of rotatable bonds is 8. The molecule has 3 rings (SSSR count). The Morgan fingerprint density at radius 3 is 2.59 bits per heavy atom. The lowest BCUT2D eigenvalue weighted by Gasteiger charge is -2.06. The Labute approximate surface area is 161 Å². The predicted molar refractivity (Wildman–Crippen MR) is 103 cm³/mol. The minimum atomic E-state index is -0.561. The summed E-state index contributed by atoms with van der Waals surface area (Å²) in [5.74, 6) is -0.755. The number of hydrogen-bond donors (Lipinski definition) is 0. The van der Waals surface area contributed by atoms with Crippen molar-refractivity contribution in [1.29, 1.82) is 0 Å². The molecular formula is C21H18ClNO4. The third kappa shape index (κ3) is 5.88. The van der Waals surface area contributed by atoms with Crippen LogP contribution in [0.25, 0.3) is 10.9 Å². The van der Waals surface area contributed by atoms with Crippen molar-refractivity contribution in [2.24, 2.45) is 0 Å². The van der Waals surface area contributed by atoms with Crippen molar-refractivity contribution in [3.8, 4) is 0 Å². The van der Waals surface area contributed by atoms with Gasteiger partial charge >= 0.3 is 5.97 Å². The van der Waals surface area contributed by atoms with E-state index in [-0.39, 0.29) is 25.4 Å². The van der Waals surface area contributed by atoms with Crippen LogP contribution in [0.4, 0.5) is 0 Å². The molecule has 0 unspecified atom stereocenters. The molecule has 1 aromatic heterocycles. The molecule has 0 N–H and O–H groups in total. The second-order valence-electron chi connectivity index (χ2n) is 6.04. The van der Waals surface area contributed by atoms with Crippen LogP contribution in [0.5, 0.6) is 0 Å². The van der Waals surface area contributed by atoms with Crippen LogP contribution in [0.3, 0.4) is 0 Å². The lowest BCUT2D eigenvalue weighted by atomic mass is 10.1. The number of Topliss-reactive ketones (excluding diaryl/α,β-unsaturated/α-hetero) is 1. The zero-order valence-electron chi connectivity index (χ0n) is 14.6. The Morgan fingerprint density at radius 1 is 0.963 bits per heavy atom. The summed E-state index contributed by atoms with van der Waals surface area (Å²) in [5.41, 5.74) is 2.58. The number of fused-ring (bicyclic) bond motifs is 1. The van der Waals surface area contributed by atoms with Crippen LogP contribution in [0, 0.1) is 0 Å². The first-order chi connectivity index (χ1) is 13.1. The summed E-state index contributed by atoms with van der Waals surface area (Å²) >= 11 is 5.94. The van der Waals surface area contributed by atoms with E-state index >= 15 is 0 Å². The van der Waals surface area contributed by atoms with Gasteiger partial charge in [0.15, 0.2) is 5.78 Å². The third-order valence-corrected chi connectivity index (χ3v) is 4.05. The molecule has 2 aromatic carbocycles. The maximum Gasteiger partial charge on any atom is 0.332 e. The molecule has 0 atom stereocenters. The monoisotopic (exact) mass is 383 g/mol. The van der Waals surface area contributed by atoms with Crippen molar-refractivity contribution >= 4 is 34.3 Å². The molecule has 0 aliphatic carbocycles. The van der Waals surface area contributed by atoms with E-state index in [0.717, 1.165) is 22.0 Å². The number of halogens is 1. The highest BCUT2D eigenvalue weighted by atomic mass is 35.5. The van der Waals surface area contributed by atoms with Gasteiger partial charge in [-0.15, -0.1) is 0 Å². The van der Waals surface area contributed by atoms with Gasteiger partial charge in [0, 0.05) is 18.0 Å². The standard InChI is InChI=1S/C21H18ClNO4/c22-18-10-17-8-16(6-7-20(17)23-11-18)9-19(24)13-27-21(25)14-26-12-15-4-2-1-3-5-15/h1-8,10-11H,9,12-14H2. The Bertz CT molecular complexity index is 943. The zero-order valence-corrected chi connectivity index (χ0v) is 15.3. The summed E-state index contributed by atoms with van der Waals surface area (Å²) in [5, 5.41) is 1.40. The second-order valence-corrected chi connectivity index (χ2v) is 6.47. The lowest BCUT2D eigenvalue weighted by Crippen LogP contribution is -2.19. The molecule has 0 bridgehead atoms. The van der Waals surface area contributed by atoms with Gasteiger partial charge in [-0.25, -0.2) is 4.79 Å². The normalized spacial score (nSPS) is 10.7. The summed E-state index contributed by atoms with van der Waals surface area (Å²) in [4.78, 5) is 27.9. The summed E-state index contributed by atoms with van der Waals surface area (Å²) in [6, 6.07) is 16.8. The molecule has 0 saturated heterocycles. The average Bonchev–Trinajstić information content (AvgIpc) is 2.67. The fraction of sp³-hybridized carbons (Fsp3) is 0.190. The summed E-state index contributed by atoms with van der Waals surface area (Å²) in [6.45, 7) is -0.154. The SMILES string of the molecule is O=C(COC(=O)COCc1ccccc1)Cc1ccc2ncc(Cl)cc2c1. The van der Waals surface area contributed by atoms with Gasteiger partial charge in [0.25, 0.3) is 0 Å². The van der Waals surface area contributed by atoms with Crippen LogP contribution in [0.15, 0.2) is 60.8 Å². The second kappa shape index (κ2) is 9.26. The molecule has 0 spiro atoms. The van der Waals surface area contributed by atoms with Gasteiger partial charge < -0.3 is 9.47 Å². The molecule has 0 amide bonds. The smallest absolute Gasteiger partial charge is 0.332 e. The first-order valence-corrected chi connectivity index (χ1v) is 8.81. The van der Waals surface area contributed by atoms with Crippen LogP contribution < -0.4 is 0 Å². The van der Waals surface area contributed by atoms with E-state index in [9.17, 15) is 9.59 Å². The number of pyridine rings is 1. The summed E-state index contributed by atoms with van der Waals surface area (Å²) < 4.78 is 10.3. The number of benzene rings is 2. The Morgan fingerprint density at radius 2 is 1.78 bits per heavy atom. The van der Waals surface area contributed by atoms with Crippen LogP contribution in [-0.4, -0.2) is 30.0 Å². The van der Waals surface area contributed by atoms with Gasteiger partial charge in [-0.3, -0.25) is 9.78 Å². The van der Waals surface area contributed by atoms with Crippen molar-refractivity contribution < 1.29 is 19.1 Å². The van der Waals surface area contributed by atoms with Gasteiger partial charge in [-0.05, 0) is 29.3 Å². The Balaban J connectivity index is 1.43. The highest BCUT2D eigenvalue weighted by Crippen LogP contribution is 2.18. The van der Waals surface area contributed by atoms with Gasteiger partial charge in [-0.1, -0.05) is 48.0 Å². The van der Waals surface area contributed by atoms with Crippen molar-refractivity contribution in [3.63, 3.8) is 0 Å². The number of aromatic nitrogens is 1. The van der Waals surface area contributed by atoms with Crippen molar-refractivity contribution in [1.82, 2.24) is 4.98 Å². The van der Waals surface area contributed by atoms with E-state index < -0.39 is 5.97 Å². The first-order valence-electron chi connectivity index (χ1n) is 8.43. The molecule has 6 heteroatoms. The molecule has 5 nitrogen and oxygen atoms in total. The fourth-order valence-corrected chi connectivity index (χ4v) is 2.74. The maximum atomic E-state index is 12.1. The van der Waals surface area contributed by atoms with Crippen LogP contribution >= 0.6 is 11.6 Å². The number of esters is 1. The van der Waals surface area contributed by atoms with Gasteiger partial charge in [-0.2, -0.15) is 0 Å². The number of hydrogen-bond acceptors (Lipinski definition) is 5. The van der Waals surface area contributed by atoms with Gasteiger partial charge in [0.1, 0.15) is 13.2 Å². The number of ether oxygens (including phenoxy) is 2. The van der Waals surface area contributed by atoms with E-state index in [4.69, 9.17) is 21.1 Å². The number of carbonyl (C=O) groups excluding carboxylic acids is 2. The molecule has 0 aliphatic heterocycles. The molecule has 138 valence electrons. The van der Waals surface area contributed by atoms with E-state index in [1.54, 1.807) is 12.3 Å². The highest BCUT2D eigenvalue weighted by molar-refractivity contribution is 6.31. The summed E-state index contributed by atoms with van der Waals surface area (Å²) in [6.07, 6.45) is 1.74. The van der Waals surface area contributed by atoms with Crippen LogP contribution in [-0.2, 0) is 32.1 Å². The third-order valence-electron chi connectivity index (χ3n) is 3.84. The van der Waals surface area contributed by atoms with E-state index in [0.29, 0.717) is 11.6 Å². The van der Waals surface area contributed by atoms with Crippen molar-refractivity contribution in [3.05, 3.63) is 76.9 Å². The van der Waals surface area contributed by atoms with Gasteiger partial charge in [0.2, 0.25) is 0 Å². The Hall–Kier alpha value is -2.76. The number of nitrogens with zero attached hydrogens (tertiary/aromatic N) is 1. The maximum absolute atomic E-state index is 12.1. The first kappa shape index (κ1) is 19.0. The highest BCUT2D eigenvalue weighted by Gasteiger charge is 2.10. The van der Waals surface area contributed by atoms with Crippen molar-refractivity contribution in [2.45, 2.75) is 13.0 Å². The van der Waals surface area contributed by atoms with E-state index in [1.807, 2.05) is 48.5 Å². The van der Waals surface area contributed by atoms with E-state index in [1.165, 1.54) is 0 Å². The fourth-order valence-electron chi connectivity index (χ4n) is 2.57. The van der Waals surface area contributed by atoms with Crippen LogP contribution in [0.2, 0.25) is 5.02 Å². The molecule has 0 saturated carbocycles. The molecule has 0 radical (unpaired) electrons. The molecule has 1 heterocycles. The molecule has 0 aliphatic rings. The zero-order chi connectivity index (χ0) is 19.1. The predicted octanol–water partition coefficient (Wildman–Crippen LogP) is 3.76. The summed E-state index contributed by atoms with van der Waals surface area (Å²) in [7, 11) is 0. The largest absolute Gasteiger partial charge is 0.456 e. The minimum Gasteiger partial charge on any atom is -0.456 e. The molecule has 27 heavy (non-hydrogen) atoms. The topological polar surface area (TPSA) is 65.5 Å². The minimum absolute atomic E-state index is 0.167. The Kier molecular flexibility index (Phi) is 6.52. The molecule has 0 fully saturated rings. The molecular weight excluding hydrogens is 366 g/mol. The lowest BCUT2D eigenvalue weighted by molar-refractivity contribution is -0.152. The number of ketones is 1. The van der Waals surface area contributed by atoms with Crippen molar-refractivity contribution in [2.75, 3.05) is 13.2 Å².